The molecule has 0 saturated carbocycles. The van der Waals surface area contributed by atoms with E-state index in [2.05, 4.69) is 10.3 Å². The van der Waals surface area contributed by atoms with Gasteiger partial charge in [-0.2, -0.15) is 0 Å². The zero-order valence-corrected chi connectivity index (χ0v) is 14.4. The molecule has 8 nitrogen and oxygen atoms in total. The average molecular weight is 373 g/mol. The Balaban J connectivity index is 1.68. The molecular formula is C17H13ClN4O4. The number of amides is 3. The van der Waals surface area contributed by atoms with Crippen LogP contribution in [0, 0.1) is 0 Å². The van der Waals surface area contributed by atoms with Gasteiger partial charge in [0.1, 0.15) is 11.4 Å². The van der Waals surface area contributed by atoms with E-state index in [4.69, 9.17) is 16.0 Å². The Hall–Kier alpha value is -3.13. The summed E-state index contributed by atoms with van der Waals surface area (Å²) in [6.45, 7) is 1.44. The lowest BCUT2D eigenvalue weighted by atomic mass is 9.99. The SMILES string of the molecule is CC1(c2ccco2)NC(=O)N(Cc2cc(=O)n3cc(Cl)ccc3n2)C1=O. The zero-order chi connectivity index (χ0) is 18.5. The van der Waals surface area contributed by atoms with Crippen molar-refractivity contribution >= 4 is 29.2 Å². The number of imide groups is 1. The van der Waals surface area contributed by atoms with Crippen LogP contribution in [-0.2, 0) is 16.9 Å². The molecule has 132 valence electrons. The van der Waals surface area contributed by atoms with Gasteiger partial charge in [-0.15, -0.1) is 0 Å². The second kappa shape index (κ2) is 5.70. The van der Waals surface area contributed by atoms with Gasteiger partial charge >= 0.3 is 6.03 Å². The van der Waals surface area contributed by atoms with Crippen LogP contribution in [-0.4, -0.2) is 26.2 Å². The van der Waals surface area contributed by atoms with E-state index < -0.39 is 17.5 Å². The Bertz CT molecular complexity index is 1090. The molecule has 0 aliphatic carbocycles. The third kappa shape index (κ3) is 2.46. The molecule has 9 heteroatoms. The van der Waals surface area contributed by atoms with Gasteiger partial charge in [0.2, 0.25) is 0 Å². The van der Waals surface area contributed by atoms with Gasteiger partial charge in [-0.1, -0.05) is 11.6 Å². The summed E-state index contributed by atoms with van der Waals surface area (Å²) < 4.78 is 6.58. The number of aromatic nitrogens is 2. The minimum atomic E-state index is -1.29. The third-order valence-electron chi connectivity index (χ3n) is 4.29. The molecule has 0 aromatic carbocycles. The number of hydrogen-bond acceptors (Lipinski definition) is 5. The summed E-state index contributed by atoms with van der Waals surface area (Å²) in [5, 5.41) is 3.03. The monoisotopic (exact) mass is 372 g/mol. The quantitative estimate of drug-likeness (QED) is 0.708. The van der Waals surface area contributed by atoms with Crippen LogP contribution in [0.25, 0.3) is 5.65 Å². The Labute approximate surface area is 152 Å². The lowest BCUT2D eigenvalue weighted by molar-refractivity contribution is -0.132. The minimum Gasteiger partial charge on any atom is -0.466 e. The normalized spacial score (nSPS) is 20.0. The van der Waals surface area contributed by atoms with Gasteiger partial charge in [0, 0.05) is 12.3 Å². The van der Waals surface area contributed by atoms with Crippen LogP contribution in [0.3, 0.4) is 0 Å². The van der Waals surface area contributed by atoms with Crippen LogP contribution in [0.2, 0.25) is 5.02 Å². The molecule has 0 bridgehead atoms. The van der Waals surface area contributed by atoms with E-state index in [9.17, 15) is 14.4 Å². The number of rotatable bonds is 3. The number of fused-ring (bicyclic) bond motifs is 1. The van der Waals surface area contributed by atoms with E-state index in [1.54, 1.807) is 31.2 Å². The molecule has 26 heavy (non-hydrogen) atoms. The number of furan rings is 1. The highest BCUT2D eigenvalue weighted by Gasteiger charge is 2.51. The first-order valence-corrected chi connectivity index (χ1v) is 8.12. The van der Waals surface area contributed by atoms with Crippen molar-refractivity contribution in [3.05, 3.63) is 69.6 Å². The second-order valence-corrected chi connectivity index (χ2v) is 6.52. The molecule has 1 unspecified atom stereocenters. The molecule has 1 aliphatic rings. The van der Waals surface area contributed by atoms with Crippen LogP contribution in [0.1, 0.15) is 18.4 Å². The number of carbonyl (C=O) groups excluding carboxylic acids is 2. The van der Waals surface area contributed by atoms with Gasteiger partial charge in [-0.05, 0) is 31.2 Å². The molecule has 3 aromatic rings. The van der Waals surface area contributed by atoms with E-state index in [0.29, 0.717) is 22.1 Å². The van der Waals surface area contributed by atoms with E-state index in [1.165, 1.54) is 22.9 Å². The maximum atomic E-state index is 12.8. The van der Waals surface area contributed by atoms with Crippen molar-refractivity contribution in [1.82, 2.24) is 19.6 Å². The Morgan fingerprint density at radius 1 is 1.27 bits per heavy atom. The summed E-state index contributed by atoms with van der Waals surface area (Å²) in [5.74, 6) is -0.143. The molecule has 4 rings (SSSR count). The molecule has 4 heterocycles. The van der Waals surface area contributed by atoms with Gasteiger partial charge in [0.15, 0.2) is 5.54 Å². The van der Waals surface area contributed by atoms with Crippen LogP contribution in [0.5, 0.6) is 0 Å². The predicted octanol–water partition coefficient (Wildman–Crippen LogP) is 1.91. The maximum absolute atomic E-state index is 12.8. The van der Waals surface area contributed by atoms with E-state index in [0.717, 1.165) is 4.90 Å². The second-order valence-electron chi connectivity index (χ2n) is 6.08. The summed E-state index contributed by atoms with van der Waals surface area (Å²) >= 11 is 5.88. The highest BCUT2D eigenvalue weighted by atomic mass is 35.5. The third-order valence-corrected chi connectivity index (χ3v) is 4.51. The van der Waals surface area contributed by atoms with Crippen molar-refractivity contribution in [1.29, 1.82) is 0 Å². The molecule has 1 N–H and O–H groups in total. The van der Waals surface area contributed by atoms with Gasteiger partial charge in [-0.3, -0.25) is 18.9 Å². The molecule has 1 fully saturated rings. The first kappa shape index (κ1) is 16.3. The maximum Gasteiger partial charge on any atom is 0.325 e. The molecule has 1 saturated heterocycles. The van der Waals surface area contributed by atoms with Crippen LogP contribution in [0.4, 0.5) is 4.79 Å². The average Bonchev–Trinajstić information content (AvgIpc) is 3.20. The summed E-state index contributed by atoms with van der Waals surface area (Å²) in [4.78, 5) is 42.7. The Morgan fingerprint density at radius 2 is 2.08 bits per heavy atom. The highest BCUT2D eigenvalue weighted by Crippen LogP contribution is 2.29. The summed E-state index contributed by atoms with van der Waals surface area (Å²) in [6.07, 6.45) is 2.89. The zero-order valence-electron chi connectivity index (χ0n) is 13.6. The number of nitrogens with one attached hydrogen (secondary N) is 1. The van der Waals surface area contributed by atoms with Crippen molar-refractivity contribution in [3.8, 4) is 0 Å². The first-order chi connectivity index (χ1) is 12.4. The smallest absolute Gasteiger partial charge is 0.325 e. The van der Waals surface area contributed by atoms with Crippen molar-refractivity contribution in [2.24, 2.45) is 0 Å². The number of nitrogens with zero attached hydrogens (tertiary/aromatic N) is 3. The van der Waals surface area contributed by atoms with Crippen molar-refractivity contribution in [3.63, 3.8) is 0 Å². The number of halogens is 1. The number of urea groups is 1. The topological polar surface area (TPSA) is 96.9 Å². The standard InChI is InChI=1S/C17H13ClN4O4/c1-17(12-3-2-6-26-12)15(24)22(16(25)20-17)9-11-7-14(23)21-8-10(18)4-5-13(21)19-11/h2-8H,9H2,1H3,(H,20,25). The van der Waals surface area contributed by atoms with E-state index in [-0.39, 0.29) is 12.1 Å². The van der Waals surface area contributed by atoms with Gasteiger partial charge in [0.05, 0.1) is 23.5 Å². The molecule has 1 atom stereocenters. The molecule has 3 aromatic heterocycles. The van der Waals surface area contributed by atoms with E-state index in [1.807, 2.05) is 0 Å². The van der Waals surface area contributed by atoms with Gasteiger partial charge in [0.25, 0.3) is 11.5 Å². The number of hydrogen-bond donors (Lipinski definition) is 1. The fourth-order valence-electron chi connectivity index (χ4n) is 2.94. The van der Waals surface area contributed by atoms with Gasteiger partial charge in [-0.25, -0.2) is 9.78 Å². The van der Waals surface area contributed by atoms with Crippen LogP contribution >= 0.6 is 11.6 Å². The number of carbonyl (C=O) groups is 2. The fourth-order valence-corrected chi connectivity index (χ4v) is 3.10. The van der Waals surface area contributed by atoms with Crippen molar-refractivity contribution in [2.75, 3.05) is 0 Å². The van der Waals surface area contributed by atoms with Crippen molar-refractivity contribution in [2.45, 2.75) is 19.0 Å². The number of pyridine rings is 1. The lowest BCUT2D eigenvalue weighted by Crippen LogP contribution is -2.40. The first-order valence-electron chi connectivity index (χ1n) is 7.74. The Morgan fingerprint density at radius 3 is 2.81 bits per heavy atom. The largest absolute Gasteiger partial charge is 0.466 e. The van der Waals surface area contributed by atoms with Crippen LogP contribution in [0.15, 0.2) is 52.0 Å². The summed E-state index contributed by atoms with van der Waals surface area (Å²) in [6, 6.07) is 7.14. The lowest BCUT2D eigenvalue weighted by Gasteiger charge is -2.18. The Kier molecular flexibility index (Phi) is 3.58. The fraction of sp³-hybridized carbons (Fsp3) is 0.176. The molecule has 3 amide bonds. The highest BCUT2D eigenvalue weighted by molar-refractivity contribution is 6.30. The molecule has 1 aliphatic heterocycles. The summed E-state index contributed by atoms with van der Waals surface area (Å²) in [5.41, 5.74) is -0.976. The molecule has 0 radical (unpaired) electrons. The van der Waals surface area contributed by atoms with Crippen molar-refractivity contribution < 1.29 is 14.0 Å². The van der Waals surface area contributed by atoms with Crippen LogP contribution < -0.4 is 10.9 Å². The summed E-state index contributed by atoms with van der Waals surface area (Å²) in [7, 11) is 0. The molecular weight excluding hydrogens is 360 g/mol. The van der Waals surface area contributed by atoms with E-state index >= 15 is 0 Å². The predicted molar refractivity (Wildman–Crippen MR) is 91.6 cm³/mol. The molecule has 0 spiro atoms. The minimum absolute atomic E-state index is 0.130. The van der Waals surface area contributed by atoms with Gasteiger partial charge < -0.3 is 9.73 Å².